The summed E-state index contributed by atoms with van der Waals surface area (Å²) in [5.41, 5.74) is 8.90. The van der Waals surface area contributed by atoms with E-state index in [2.05, 4.69) is 15.1 Å². The fraction of sp³-hybridized carbons (Fsp3) is 0.111. The molecule has 2 rings (SSSR count). The largest absolute Gasteiger partial charge is 0.409 e. The number of nitrogens with two attached hydrogens (primary N) is 1. The van der Waals surface area contributed by atoms with Crippen LogP contribution in [0.5, 0.6) is 0 Å². The molecule has 0 aliphatic heterocycles. The Morgan fingerprint density at radius 1 is 1.57 bits per heavy atom. The van der Waals surface area contributed by atoms with Crippen LogP contribution >= 0.6 is 0 Å². The molecule has 0 unspecified atom stereocenters. The Hall–Kier alpha value is -2.04. The van der Waals surface area contributed by atoms with Crippen LogP contribution in [0.3, 0.4) is 0 Å². The number of H-pyrrole nitrogens is 1. The second-order valence-corrected chi connectivity index (χ2v) is 3.07. The molecular formula is C9H10N4O. The number of nitrogens with one attached hydrogen (secondary N) is 1. The molecule has 0 spiro atoms. The van der Waals surface area contributed by atoms with Crippen molar-refractivity contribution in [2.24, 2.45) is 10.9 Å². The van der Waals surface area contributed by atoms with Crippen molar-refractivity contribution in [3.8, 4) is 0 Å². The first-order chi connectivity index (χ1) is 6.72. The predicted octanol–water partition coefficient (Wildman–Crippen LogP) is 0.966. The first-order valence-corrected chi connectivity index (χ1v) is 4.14. The maximum absolute atomic E-state index is 8.57. The van der Waals surface area contributed by atoms with Crippen molar-refractivity contribution in [1.29, 1.82) is 0 Å². The molecule has 0 fully saturated rings. The van der Waals surface area contributed by atoms with Crippen molar-refractivity contribution in [3.05, 3.63) is 29.6 Å². The number of oxime groups is 1. The number of nitrogens with zero attached hydrogens (tertiary/aromatic N) is 2. The number of benzene rings is 1. The molecule has 0 aliphatic carbocycles. The van der Waals surface area contributed by atoms with E-state index in [9.17, 15) is 0 Å². The van der Waals surface area contributed by atoms with E-state index in [1.807, 2.05) is 13.0 Å². The van der Waals surface area contributed by atoms with E-state index in [0.717, 1.165) is 16.6 Å². The van der Waals surface area contributed by atoms with Crippen LogP contribution in [0.4, 0.5) is 0 Å². The van der Waals surface area contributed by atoms with Gasteiger partial charge in [-0.3, -0.25) is 0 Å². The Labute approximate surface area is 80.3 Å². The molecule has 0 saturated carbocycles. The molecule has 1 aromatic carbocycles. The summed E-state index contributed by atoms with van der Waals surface area (Å²) in [6.07, 6.45) is 1.61. The lowest BCUT2D eigenvalue weighted by Gasteiger charge is -2.02. The molecule has 0 amide bonds. The van der Waals surface area contributed by atoms with Crippen LogP contribution < -0.4 is 5.73 Å². The molecule has 0 radical (unpaired) electrons. The molecule has 14 heavy (non-hydrogen) atoms. The smallest absolute Gasteiger partial charge is 0.170 e. The SMILES string of the molecule is Cc1cc2[nH]cnc2cc1/C(N)=N/O. The van der Waals surface area contributed by atoms with Crippen LogP contribution in [-0.4, -0.2) is 21.0 Å². The number of hydrogen-bond acceptors (Lipinski definition) is 3. The Morgan fingerprint density at radius 3 is 3.07 bits per heavy atom. The summed E-state index contributed by atoms with van der Waals surface area (Å²) in [5.74, 6) is 0.104. The summed E-state index contributed by atoms with van der Waals surface area (Å²) < 4.78 is 0. The number of aromatic nitrogens is 2. The van der Waals surface area contributed by atoms with Gasteiger partial charge in [0.1, 0.15) is 0 Å². The minimum absolute atomic E-state index is 0.104. The van der Waals surface area contributed by atoms with Gasteiger partial charge in [-0.05, 0) is 24.6 Å². The van der Waals surface area contributed by atoms with E-state index in [4.69, 9.17) is 10.9 Å². The van der Waals surface area contributed by atoms with Gasteiger partial charge in [-0.1, -0.05) is 5.16 Å². The standard InChI is InChI=1S/C9H10N4O/c1-5-2-7-8(12-4-11-7)3-6(5)9(10)13-14/h2-4,14H,1H3,(H2,10,13)(H,11,12). The molecule has 0 atom stereocenters. The Kier molecular flexibility index (Phi) is 1.85. The van der Waals surface area contributed by atoms with Gasteiger partial charge in [0, 0.05) is 5.56 Å². The first kappa shape index (κ1) is 8.55. The van der Waals surface area contributed by atoms with E-state index in [-0.39, 0.29) is 5.84 Å². The van der Waals surface area contributed by atoms with Crippen LogP contribution in [0.1, 0.15) is 11.1 Å². The van der Waals surface area contributed by atoms with Crippen molar-refractivity contribution in [1.82, 2.24) is 9.97 Å². The summed E-state index contributed by atoms with van der Waals surface area (Å²) in [4.78, 5) is 7.08. The van der Waals surface area contributed by atoms with Gasteiger partial charge in [0.25, 0.3) is 0 Å². The van der Waals surface area contributed by atoms with Crippen molar-refractivity contribution < 1.29 is 5.21 Å². The third-order valence-electron chi connectivity index (χ3n) is 2.15. The van der Waals surface area contributed by atoms with E-state index in [0.29, 0.717) is 5.56 Å². The number of rotatable bonds is 1. The molecule has 72 valence electrons. The van der Waals surface area contributed by atoms with Gasteiger partial charge in [0.2, 0.25) is 0 Å². The van der Waals surface area contributed by atoms with E-state index in [1.54, 1.807) is 12.4 Å². The average Bonchev–Trinajstić information content (AvgIpc) is 2.62. The highest BCUT2D eigenvalue weighted by Gasteiger charge is 2.06. The fourth-order valence-electron chi connectivity index (χ4n) is 1.42. The lowest BCUT2D eigenvalue weighted by Crippen LogP contribution is -2.14. The molecule has 5 nitrogen and oxygen atoms in total. The summed E-state index contributed by atoms with van der Waals surface area (Å²) in [7, 11) is 0. The summed E-state index contributed by atoms with van der Waals surface area (Å²) in [5, 5.41) is 11.5. The van der Waals surface area contributed by atoms with E-state index < -0.39 is 0 Å². The van der Waals surface area contributed by atoms with Crippen LogP contribution in [0.2, 0.25) is 0 Å². The quantitative estimate of drug-likeness (QED) is 0.271. The Morgan fingerprint density at radius 2 is 2.36 bits per heavy atom. The van der Waals surface area contributed by atoms with Crippen LogP contribution in [-0.2, 0) is 0 Å². The highest BCUT2D eigenvalue weighted by atomic mass is 16.4. The van der Waals surface area contributed by atoms with Gasteiger partial charge in [0.15, 0.2) is 5.84 Å². The van der Waals surface area contributed by atoms with Gasteiger partial charge in [-0.25, -0.2) is 4.98 Å². The highest BCUT2D eigenvalue weighted by Crippen LogP contribution is 2.16. The number of imidazole rings is 1. The molecule has 2 aromatic rings. The van der Waals surface area contributed by atoms with Crippen molar-refractivity contribution in [2.75, 3.05) is 0 Å². The van der Waals surface area contributed by atoms with E-state index in [1.165, 1.54) is 0 Å². The zero-order valence-electron chi connectivity index (χ0n) is 7.65. The predicted molar refractivity (Wildman–Crippen MR) is 53.3 cm³/mol. The molecule has 4 N–H and O–H groups in total. The van der Waals surface area contributed by atoms with Crippen LogP contribution in [0.25, 0.3) is 11.0 Å². The van der Waals surface area contributed by atoms with Gasteiger partial charge in [0.05, 0.1) is 17.4 Å². The monoisotopic (exact) mass is 190 g/mol. The molecule has 1 aromatic heterocycles. The highest BCUT2D eigenvalue weighted by molar-refractivity contribution is 6.01. The molecular weight excluding hydrogens is 180 g/mol. The van der Waals surface area contributed by atoms with Gasteiger partial charge < -0.3 is 15.9 Å². The number of fused-ring (bicyclic) bond motifs is 1. The molecule has 0 bridgehead atoms. The third-order valence-corrected chi connectivity index (χ3v) is 2.15. The summed E-state index contributed by atoms with van der Waals surface area (Å²) in [6, 6.07) is 3.70. The molecule has 0 aliphatic rings. The lowest BCUT2D eigenvalue weighted by atomic mass is 10.1. The number of amidine groups is 1. The summed E-state index contributed by atoms with van der Waals surface area (Å²) >= 11 is 0. The lowest BCUT2D eigenvalue weighted by molar-refractivity contribution is 0.318. The number of aromatic amines is 1. The Balaban J connectivity index is 2.71. The van der Waals surface area contributed by atoms with Gasteiger partial charge >= 0.3 is 0 Å². The zero-order chi connectivity index (χ0) is 10.1. The maximum Gasteiger partial charge on any atom is 0.170 e. The van der Waals surface area contributed by atoms with Crippen LogP contribution in [0.15, 0.2) is 23.6 Å². The minimum Gasteiger partial charge on any atom is -0.409 e. The average molecular weight is 190 g/mol. The van der Waals surface area contributed by atoms with Crippen molar-refractivity contribution in [2.45, 2.75) is 6.92 Å². The van der Waals surface area contributed by atoms with Crippen LogP contribution in [0, 0.1) is 6.92 Å². The van der Waals surface area contributed by atoms with Gasteiger partial charge in [-0.2, -0.15) is 0 Å². The molecule has 0 saturated heterocycles. The first-order valence-electron chi connectivity index (χ1n) is 4.14. The second kappa shape index (κ2) is 3.02. The Bertz CT molecular complexity index is 500. The number of hydrogen-bond donors (Lipinski definition) is 3. The third kappa shape index (κ3) is 1.19. The van der Waals surface area contributed by atoms with E-state index >= 15 is 0 Å². The minimum atomic E-state index is 0.104. The van der Waals surface area contributed by atoms with Gasteiger partial charge in [-0.15, -0.1) is 0 Å². The number of aryl methyl sites for hydroxylation is 1. The maximum atomic E-state index is 8.57. The van der Waals surface area contributed by atoms with Crippen molar-refractivity contribution in [3.63, 3.8) is 0 Å². The topological polar surface area (TPSA) is 87.3 Å². The second-order valence-electron chi connectivity index (χ2n) is 3.07. The molecule has 5 heteroatoms. The molecule has 1 heterocycles. The normalized spacial score (nSPS) is 12.2. The zero-order valence-corrected chi connectivity index (χ0v) is 7.65. The fourth-order valence-corrected chi connectivity index (χ4v) is 1.42. The summed E-state index contributed by atoms with van der Waals surface area (Å²) in [6.45, 7) is 1.90. The van der Waals surface area contributed by atoms with Crippen molar-refractivity contribution >= 4 is 16.9 Å².